The second kappa shape index (κ2) is 9.89. The first kappa shape index (κ1) is 23.4. The van der Waals surface area contributed by atoms with Crippen LogP contribution in [0.1, 0.15) is 24.0 Å². The Hall–Kier alpha value is -2.29. The monoisotopic (exact) mass is 459 g/mol. The minimum Gasteiger partial charge on any atom is -0.309 e. The van der Waals surface area contributed by atoms with E-state index in [0.29, 0.717) is 11.7 Å². The molecule has 0 fully saturated rings. The molecule has 0 radical (unpaired) electrons. The summed E-state index contributed by atoms with van der Waals surface area (Å²) in [6.45, 7) is 5.24. The molecule has 0 spiro atoms. The number of hydrogen-bond acceptors (Lipinski definition) is 6. The lowest BCUT2D eigenvalue weighted by atomic mass is 10.2. The van der Waals surface area contributed by atoms with Crippen molar-refractivity contribution >= 4 is 42.4 Å². The number of aryl methyl sites for hydroxylation is 2. The van der Waals surface area contributed by atoms with Crippen molar-refractivity contribution in [2.75, 3.05) is 37.8 Å². The fourth-order valence-corrected chi connectivity index (χ4v) is 5.60. The number of fused-ring (bicyclic) bond motifs is 1. The molecule has 0 bridgehead atoms. The Bertz CT molecular complexity index is 1150. The Labute approximate surface area is 188 Å². The van der Waals surface area contributed by atoms with Crippen molar-refractivity contribution in [1.82, 2.24) is 9.88 Å². The van der Waals surface area contributed by atoms with Crippen LogP contribution in [-0.2, 0) is 14.6 Å². The van der Waals surface area contributed by atoms with Crippen LogP contribution in [0.25, 0.3) is 10.2 Å². The van der Waals surface area contributed by atoms with Gasteiger partial charge in [-0.15, -0.1) is 0 Å². The van der Waals surface area contributed by atoms with Gasteiger partial charge in [-0.1, -0.05) is 41.2 Å². The Morgan fingerprint density at radius 3 is 2.39 bits per heavy atom. The van der Waals surface area contributed by atoms with E-state index < -0.39 is 9.84 Å². The first-order valence-corrected chi connectivity index (χ1v) is 12.7. The standard InChI is InChI=1S/C23H29N3O3S2/c1-17-9-11-19(12-10-17)31(28,29)16-13-21(27)26(15-6-14-25(3)4)23-24-22-18(2)7-5-8-20(22)30-23/h5,7-12H,6,13-16H2,1-4H3. The highest BCUT2D eigenvalue weighted by Crippen LogP contribution is 2.31. The normalized spacial score (nSPS) is 11.9. The Kier molecular flexibility index (Phi) is 7.46. The van der Waals surface area contributed by atoms with Gasteiger partial charge in [0.2, 0.25) is 5.91 Å². The Morgan fingerprint density at radius 2 is 1.74 bits per heavy atom. The van der Waals surface area contributed by atoms with Crippen molar-refractivity contribution in [2.24, 2.45) is 0 Å². The summed E-state index contributed by atoms with van der Waals surface area (Å²) in [6.07, 6.45) is 0.700. The van der Waals surface area contributed by atoms with Crippen LogP contribution in [0.5, 0.6) is 0 Å². The number of para-hydroxylation sites is 1. The number of thiazole rings is 1. The van der Waals surface area contributed by atoms with Crippen molar-refractivity contribution in [1.29, 1.82) is 0 Å². The molecule has 1 aromatic heterocycles. The van der Waals surface area contributed by atoms with Crippen molar-refractivity contribution in [3.8, 4) is 0 Å². The van der Waals surface area contributed by atoms with Gasteiger partial charge < -0.3 is 4.90 Å². The van der Waals surface area contributed by atoms with E-state index in [-0.39, 0.29) is 23.0 Å². The molecule has 0 saturated carbocycles. The molecule has 0 aliphatic rings. The van der Waals surface area contributed by atoms with E-state index in [1.54, 1.807) is 29.2 Å². The highest BCUT2D eigenvalue weighted by Gasteiger charge is 2.23. The number of benzene rings is 2. The first-order valence-electron chi connectivity index (χ1n) is 10.3. The average Bonchev–Trinajstić information content (AvgIpc) is 3.15. The van der Waals surface area contributed by atoms with E-state index in [1.165, 1.54) is 11.3 Å². The van der Waals surface area contributed by atoms with Gasteiger partial charge in [0.15, 0.2) is 15.0 Å². The maximum absolute atomic E-state index is 13.1. The van der Waals surface area contributed by atoms with Gasteiger partial charge in [0, 0.05) is 13.0 Å². The minimum absolute atomic E-state index is 0.0763. The van der Waals surface area contributed by atoms with Gasteiger partial charge in [0.25, 0.3) is 0 Å². The predicted molar refractivity (Wildman–Crippen MR) is 128 cm³/mol. The van der Waals surface area contributed by atoms with Crippen LogP contribution in [0.4, 0.5) is 5.13 Å². The van der Waals surface area contributed by atoms with Crippen LogP contribution >= 0.6 is 11.3 Å². The maximum Gasteiger partial charge on any atom is 0.229 e. The lowest BCUT2D eigenvalue weighted by Gasteiger charge is -2.21. The zero-order valence-electron chi connectivity index (χ0n) is 18.5. The van der Waals surface area contributed by atoms with E-state index in [4.69, 9.17) is 4.98 Å². The maximum atomic E-state index is 13.1. The third-order valence-electron chi connectivity index (χ3n) is 5.09. The number of hydrogen-bond donors (Lipinski definition) is 0. The summed E-state index contributed by atoms with van der Waals surface area (Å²) >= 11 is 1.47. The summed E-state index contributed by atoms with van der Waals surface area (Å²) < 4.78 is 26.4. The number of aromatic nitrogens is 1. The van der Waals surface area contributed by atoms with Crippen molar-refractivity contribution in [3.05, 3.63) is 53.6 Å². The molecule has 31 heavy (non-hydrogen) atoms. The first-order chi connectivity index (χ1) is 14.7. The highest BCUT2D eigenvalue weighted by molar-refractivity contribution is 7.91. The van der Waals surface area contributed by atoms with Crippen molar-refractivity contribution in [2.45, 2.75) is 31.6 Å². The minimum atomic E-state index is -3.53. The molecular formula is C23H29N3O3S2. The molecule has 166 valence electrons. The average molecular weight is 460 g/mol. The van der Waals surface area contributed by atoms with E-state index in [0.717, 1.165) is 34.3 Å². The number of sulfone groups is 1. The molecule has 1 heterocycles. The van der Waals surface area contributed by atoms with Crippen LogP contribution in [0.15, 0.2) is 47.4 Å². The third kappa shape index (κ3) is 5.90. The fourth-order valence-electron chi connectivity index (χ4n) is 3.28. The van der Waals surface area contributed by atoms with Gasteiger partial charge in [0.05, 0.1) is 20.9 Å². The summed E-state index contributed by atoms with van der Waals surface area (Å²) in [5, 5.41) is 0.626. The highest BCUT2D eigenvalue weighted by atomic mass is 32.2. The number of nitrogens with zero attached hydrogens (tertiary/aromatic N) is 3. The van der Waals surface area contributed by atoms with Gasteiger partial charge in [-0.25, -0.2) is 13.4 Å². The molecule has 3 aromatic rings. The second-order valence-corrected chi connectivity index (χ2v) is 11.1. The number of anilines is 1. The molecule has 1 amide bonds. The van der Waals surface area contributed by atoms with E-state index >= 15 is 0 Å². The van der Waals surface area contributed by atoms with Gasteiger partial charge in [-0.2, -0.15) is 0 Å². The zero-order chi connectivity index (χ0) is 22.6. The molecule has 8 heteroatoms. The molecule has 0 saturated heterocycles. The predicted octanol–water partition coefficient (Wildman–Crippen LogP) is 4.06. The van der Waals surface area contributed by atoms with Crippen LogP contribution in [-0.4, -0.2) is 57.1 Å². The Balaban J connectivity index is 1.80. The van der Waals surface area contributed by atoms with Crippen LogP contribution in [0.3, 0.4) is 0 Å². The summed E-state index contributed by atoms with van der Waals surface area (Å²) in [7, 11) is 0.449. The smallest absolute Gasteiger partial charge is 0.229 e. The van der Waals surface area contributed by atoms with E-state index in [9.17, 15) is 13.2 Å². The van der Waals surface area contributed by atoms with Gasteiger partial charge in [-0.3, -0.25) is 9.69 Å². The Morgan fingerprint density at radius 1 is 1.03 bits per heavy atom. The van der Waals surface area contributed by atoms with Crippen LogP contribution in [0.2, 0.25) is 0 Å². The zero-order valence-corrected chi connectivity index (χ0v) is 20.1. The van der Waals surface area contributed by atoms with Crippen molar-refractivity contribution < 1.29 is 13.2 Å². The summed E-state index contributed by atoms with van der Waals surface area (Å²) in [5.41, 5.74) is 2.94. The SMILES string of the molecule is Cc1ccc(S(=O)(=O)CCC(=O)N(CCCN(C)C)c2nc3c(C)cccc3s2)cc1. The van der Waals surface area contributed by atoms with Gasteiger partial charge >= 0.3 is 0 Å². The molecule has 3 rings (SSSR count). The lowest BCUT2D eigenvalue weighted by molar-refractivity contribution is -0.118. The third-order valence-corrected chi connectivity index (χ3v) is 7.87. The fraction of sp³-hybridized carbons (Fsp3) is 0.391. The molecule has 0 unspecified atom stereocenters. The van der Waals surface area contributed by atoms with Gasteiger partial charge in [0.1, 0.15) is 0 Å². The molecule has 0 atom stereocenters. The number of carbonyl (C=O) groups is 1. The molecule has 0 aliphatic carbocycles. The number of carbonyl (C=O) groups excluding carboxylic acids is 1. The quantitative estimate of drug-likeness (QED) is 0.483. The number of rotatable bonds is 9. The largest absolute Gasteiger partial charge is 0.309 e. The molecule has 0 aliphatic heterocycles. The van der Waals surface area contributed by atoms with E-state index in [1.807, 2.05) is 46.1 Å². The van der Waals surface area contributed by atoms with Crippen LogP contribution in [0, 0.1) is 13.8 Å². The van der Waals surface area contributed by atoms with Crippen molar-refractivity contribution in [3.63, 3.8) is 0 Å². The van der Waals surface area contributed by atoms with E-state index in [2.05, 4.69) is 4.90 Å². The lowest BCUT2D eigenvalue weighted by Crippen LogP contribution is -2.34. The topological polar surface area (TPSA) is 70.6 Å². The molecular weight excluding hydrogens is 430 g/mol. The molecule has 2 aromatic carbocycles. The summed E-state index contributed by atoms with van der Waals surface area (Å²) in [6, 6.07) is 12.7. The molecule has 0 N–H and O–H groups in total. The second-order valence-electron chi connectivity index (χ2n) is 8.00. The number of amides is 1. The molecule has 6 nitrogen and oxygen atoms in total. The summed E-state index contributed by atoms with van der Waals surface area (Å²) in [5.74, 6) is -0.436. The van der Waals surface area contributed by atoms with Gasteiger partial charge in [-0.05, 0) is 64.7 Å². The summed E-state index contributed by atoms with van der Waals surface area (Å²) in [4.78, 5) is 21.8. The van der Waals surface area contributed by atoms with Crippen LogP contribution < -0.4 is 4.90 Å².